The number of nitrogens with zero attached hydrogens (tertiary/aromatic N) is 10. The van der Waals surface area contributed by atoms with E-state index in [1.807, 2.05) is 0 Å². The minimum atomic E-state index is -1.26. The molecule has 0 radical (unpaired) electrons. The molecular formula is C26H18N12O6. The monoisotopic (exact) mass is 594 g/mol. The number of hydrogen-bond donors (Lipinski definition) is 4. The summed E-state index contributed by atoms with van der Waals surface area (Å²) in [4.78, 5) is 49.4. The minimum Gasteiger partial charge on any atom is -0.478 e. The predicted octanol–water partition coefficient (Wildman–Crippen LogP) is 1.04. The highest BCUT2D eigenvalue weighted by molar-refractivity contribution is 6.07. The standard InChI is InChI=1S/C26H18N12O6/c39-23(19-7-9-21-29-33-35-37(21)31-19)27-17-5-3-13(11-15(17)25(41)42)1-2-14-4-6-18(16(12-14)26(43)44)28-24(40)20-8-10-22-30-34-36-38(22)32-20/h3-12H,1-2H2,(H,27,39)(H,28,40)(H,41,42)(H,43,44). The summed E-state index contributed by atoms with van der Waals surface area (Å²) in [6.07, 6.45) is 0.708. The van der Waals surface area contributed by atoms with E-state index >= 15 is 0 Å². The maximum absolute atomic E-state index is 12.7. The summed E-state index contributed by atoms with van der Waals surface area (Å²) in [5.41, 5.74) is 1.73. The summed E-state index contributed by atoms with van der Waals surface area (Å²) < 4.78 is 2.14. The molecule has 0 bridgehead atoms. The largest absolute Gasteiger partial charge is 0.478 e. The van der Waals surface area contributed by atoms with Gasteiger partial charge in [0, 0.05) is 0 Å². The van der Waals surface area contributed by atoms with Crippen molar-refractivity contribution in [3.8, 4) is 0 Å². The SMILES string of the molecule is O=C(Nc1ccc(CCc2ccc(NC(=O)c3ccc4nnnn4n3)c(C(=O)O)c2)cc1C(=O)O)c1ccc2nnnn2n1. The van der Waals surface area contributed by atoms with Crippen molar-refractivity contribution in [1.82, 2.24) is 50.5 Å². The number of tetrazole rings is 2. The van der Waals surface area contributed by atoms with E-state index in [1.54, 1.807) is 12.1 Å². The van der Waals surface area contributed by atoms with Crippen molar-refractivity contribution in [2.45, 2.75) is 12.8 Å². The zero-order chi connectivity index (χ0) is 30.8. The molecule has 0 fully saturated rings. The van der Waals surface area contributed by atoms with Crippen molar-refractivity contribution >= 4 is 46.4 Å². The van der Waals surface area contributed by atoms with E-state index in [4.69, 9.17) is 0 Å². The fourth-order valence-corrected chi connectivity index (χ4v) is 4.27. The molecule has 4 heterocycles. The van der Waals surface area contributed by atoms with Gasteiger partial charge in [-0.05, 0) is 93.4 Å². The van der Waals surface area contributed by atoms with Gasteiger partial charge in [0.15, 0.2) is 22.7 Å². The first kappa shape index (κ1) is 27.4. The third kappa shape index (κ3) is 5.57. The molecule has 218 valence electrons. The Hall–Kier alpha value is -6.72. The lowest BCUT2D eigenvalue weighted by atomic mass is 9.99. The van der Waals surface area contributed by atoms with Crippen LogP contribution in [0.3, 0.4) is 0 Å². The molecule has 0 aliphatic carbocycles. The molecule has 0 spiro atoms. The lowest BCUT2D eigenvalue weighted by Crippen LogP contribution is -2.18. The number of carboxylic acid groups (broad SMARTS) is 2. The van der Waals surface area contributed by atoms with Crippen LogP contribution in [0.15, 0.2) is 60.7 Å². The average Bonchev–Trinajstić information content (AvgIpc) is 3.69. The van der Waals surface area contributed by atoms with E-state index in [0.29, 0.717) is 35.3 Å². The first-order chi connectivity index (χ1) is 21.2. The number of carbonyl (C=O) groups is 4. The fraction of sp³-hybridized carbons (Fsp3) is 0.0769. The highest BCUT2D eigenvalue weighted by atomic mass is 16.4. The van der Waals surface area contributed by atoms with Crippen molar-refractivity contribution in [3.63, 3.8) is 0 Å². The van der Waals surface area contributed by atoms with Gasteiger partial charge in [-0.25, -0.2) is 9.59 Å². The number of amides is 2. The van der Waals surface area contributed by atoms with E-state index in [1.165, 1.54) is 48.5 Å². The second-order valence-corrected chi connectivity index (χ2v) is 9.27. The van der Waals surface area contributed by atoms with Crippen LogP contribution in [0.4, 0.5) is 11.4 Å². The van der Waals surface area contributed by atoms with Crippen LogP contribution in [0.25, 0.3) is 11.3 Å². The Morgan fingerprint density at radius 2 is 1.05 bits per heavy atom. The van der Waals surface area contributed by atoms with Gasteiger partial charge in [0.25, 0.3) is 11.8 Å². The number of carboxylic acids is 2. The Kier molecular flexibility index (Phi) is 7.04. The molecule has 2 aromatic carbocycles. The first-order valence-electron chi connectivity index (χ1n) is 12.7. The quantitative estimate of drug-likeness (QED) is 0.183. The third-order valence-electron chi connectivity index (χ3n) is 6.43. The summed E-state index contributed by atoms with van der Waals surface area (Å²) in [6, 6.07) is 14.9. The van der Waals surface area contributed by atoms with Gasteiger partial charge in [-0.3, -0.25) is 9.59 Å². The molecule has 4 aromatic heterocycles. The van der Waals surface area contributed by atoms with Gasteiger partial charge in [-0.1, -0.05) is 12.1 Å². The molecular weight excluding hydrogens is 576 g/mol. The van der Waals surface area contributed by atoms with Crippen LogP contribution >= 0.6 is 0 Å². The molecule has 6 aromatic rings. The van der Waals surface area contributed by atoms with Crippen molar-refractivity contribution in [2.75, 3.05) is 10.6 Å². The molecule has 4 N–H and O–H groups in total. The predicted molar refractivity (Wildman–Crippen MR) is 147 cm³/mol. The summed E-state index contributed by atoms with van der Waals surface area (Å²) in [7, 11) is 0. The smallest absolute Gasteiger partial charge is 0.337 e. The van der Waals surface area contributed by atoms with Gasteiger partial charge < -0.3 is 20.8 Å². The zero-order valence-corrected chi connectivity index (χ0v) is 22.2. The van der Waals surface area contributed by atoms with Crippen LogP contribution in [-0.2, 0) is 12.8 Å². The lowest BCUT2D eigenvalue weighted by molar-refractivity contribution is 0.0686. The third-order valence-corrected chi connectivity index (χ3v) is 6.43. The average molecular weight is 595 g/mol. The molecule has 0 atom stereocenters. The Bertz CT molecular complexity index is 1960. The molecule has 6 rings (SSSR count). The van der Waals surface area contributed by atoms with Gasteiger partial charge in [0.2, 0.25) is 0 Å². The van der Waals surface area contributed by atoms with Gasteiger partial charge in [-0.15, -0.1) is 29.7 Å². The lowest BCUT2D eigenvalue weighted by Gasteiger charge is -2.12. The maximum Gasteiger partial charge on any atom is 0.337 e. The van der Waals surface area contributed by atoms with E-state index in [2.05, 4.69) is 51.9 Å². The number of aromatic carboxylic acids is 2. The molecule has 0 saturated carbocycles. The number of nitrogens with one attached hydrogen (secondary N) is 2. The van der Waals surface area contributed by atoms with Crippen LogP contribution in [0.2, 0.25) is 0 Å². The zero-order valence-electron chi connectivity index (χ0n) is 22.2. The van der Waals surface area contributed by atoms with Crippen LogP contribution in [0, 0.1) is 0 Å². The van der Waals surface area contributed by atoms with Crippen LogP contribution in [0.5, 0.6) is 0 Å². The second-order valence-electron chi connectivity index (χ2n) is 9.27. The van der Waals surface area contributed by atoms with Crippen molar-refractivity contribution in [2.24, 2.45) is 0 Å². The number of fused-ring (bicyclic) bond motifs is 2. The van der Waals surface area contributed by atoms with Gasteiger partial charge in [0.05, 0.1) is 22.5 Å². The van der Waals surface area contributed by atoms with E-state index in [9.17, 15) is 29.4 Å². The van der Waals surface area contributed by atoms with Crippen LogP contribution < -0.4 is 10.6 Å². The topological polar surface area (TPSA) is 245 Å². The Morgan fingerprint density at radius 1 is 0.614 bits per heavy atom. The molecule has 0 saturated heterocycles. The molecule has 2 amide bonds. The number of carbonyl (C=O) groups excluding carboxylic acids is 2. The summed E-state index contributed by atoms with van der Waals surface area (Å²) in [5.74, 6) is -3.82. The highest BCUT2D eigenvalue weighted by Gasteiger charge is 2.18. The van der Waals surface area contributed by atoms with Crippen molar-refractivity contribution in [3.05, 3.63) is 94.3 Å². The van der Waals surface area contributed by atoms with E-state index in [-0.39, 0.29) is 33.9 Å². The second kappa shape index (κ2) is 11.3. The number of rotatable bonds is 9. The van der Waals surface area contributed by atoms with E-state index in [0.717, 1.165) is 9.26 Å². The number of anilines is 2. The number of hydrogen-bond acceptors (Lipinski definition) is 12. The van der Waals surface area contributed by atoms with Gasteiger partial charge >= 0.3 is 11.9 Å². The molecule has 0 aliphatic rings. The molecule has 44 heavy (non-hydrogen) atoms. The fourth-order valence-electron chi connectivity index (χ4n) is 4.27. The van der Waals surface area contributed by atoms with Gasteiger partial charge in [0.1, 0.15) is 0 Å². The summed E-state index contributed by atoms with van der Waals surface area (Å²) in [5, 5.41) is 54.3. The summed E-state index contributed by atoms with van der Waals surface area (Å²) in [6.45, 7) is 0. The number of aromatic nitrogens is 10. The van der Waals surface area contributed by atoms with E-state index < -0.39 is 23.8 Å². The van der Waals surface area contributed by atoms with Gasteiger partial charge in [-0.2, -0.15) is 0 Å². The number of benzene rings is 2. The minimum absolute atomic E-state index is 0.0241. The van der Waals surface area contributed by atoms with Crippen molar-refractivity contribution in [1.29, 1.82) is 0 Å². The normalized spacial score (nSPS) is 11.0. The van der Waals surface area contributed by atoms with Crippen LogP contribution in [-0.4, -0.2) is 84.5 Å². The molecule has 18 nitrogen and oxygen atoms in total. The molecule has 0 aliphatic heterocycles. The Balaban J connectivity index is 1.15. The first-order valence-corrected chi connectivity index (χ1v) is 12.7. The molecule has 18 heteroatoms. The Labute approximate surface area is 244 Å². The Morgan fingerprint density at radius 3 is 1.45 bits per heavy atom. The number of aryl methyl sites for hydroxylation is 2. The molecule has 0 unspecified atom stereocenters. The van der Waals surface area contributed by atoms with Crippen molar-refractivity contribution < 1.29 is 29.4 Å². The summed E-state index contributed by atoms with van der Waals surface area (Å²) >= 11 is 0. The highest BCUT2D eigenvalue weighted by Crippen LogP contribution is 2.23. The van der Waals surface area contributed by atoms with Crippen LogP contribution in [0.1, 0.15) is 52.8 Å². The maximum atomic E-state index is 12.7.